The number of carbonyl (C=O) groups excluding carboxylic acids is 1. The van der Waals surface area contributed by atoms with E-state index in [2.05, 4.69) is 5.32 Å². The zero-order valence-corrected chi connectivity index (χ0v) is 11.8. The Morgan fingerprint density at radius 3 is 2.65 bits per heavy atom. The van der Waals surface area contributed by atoms with E-state index in [1.165, 1.54) is 0 Å². The first-order valence-corrected chi connectivity index (χ1v) is 6.81. The fourth-order valence-electron chi connectivity index (χ4n) is 1.71. The topological polar surface area (TPSA) is 38.3 Å². The van der Waals surface area contributed by atoms with E-state index in [1.807, 2.05) is 48.5 Å². The number of rotatable bonds is 6. The third-order valence-corrected chi connectivity index (χ3v) is 2.95. The molecular weight excluding hydrogens is 274 g/mol. The molecule has 0 aliphatic heterocycles. The number of halogens is 1. The van der Waals surface area contributed by atoms with E-state index in [9.17, 15) is 4.79 Å². The summed E-state index contributed by atoms with van der Waals surface area (Å²) < 4.78 is 5.47. The second kappa shape index (κ2) is 7.56. The van der Waals surface area contributed by atoms with E-state index in [1.54, 1.807) is 6.07 Å². The summed E-state index contributed by atoms with van der Waals surface area (Å²) in [7, 11) is 0. The lowest BCUT2D eigenvalue weighted by atomic mass is 10.2. The molecule has 4 heteroatoms. The van der Waals surface area contributed by atoms with E-state index in [0.29, 0.717) is 24.6 Å². The van der Waals surface area contributed by atoms with Crippen LogP contribution in [0.5, 0.6) is 5.75 Å². The van der Waals surface area contributed by atoms with Crippen LogP contribution in [0.1, 0.15) is 12.0 Å². The van der Waals surface area contributed by atoms with Crippen LogP contribution in [-0.4, -0.2) is 12.5 Å². The molecule has 0 atom stereocenters. The molecule has 0 unspecified atom stereocenters. The van der Waals surface area contributed by atoms with Crippen molar-refractivity contribution in [1.82, 2.24) is 5.32 Å². The molecule has 1 N–H and O–H groups in total. The Bertz CT molecular complexity index is 557. The van der Waals surface area contributed by atoms with Crippen molar-refractivity contribution in [2.75, 3.05) is 6.61 Å². The minimum atomic E-state index is -0.0408. The molecule has 104 valence electrons. The molecule has 0 radical (unpaired) electrons. The molecule has 0 saturated carbocycles. The smallest absolute Gasteiger partial charge is 0.223 e. The van der Waals surface area contributed by atoms with Crippen LogP contribution in [0.2, 0.25) is 5.02 Å². The Morgan fingerprint density at radius 1 is 1.10 bits per heavy atom. The number of amides is 1. The Labute approximate surface area is 123 Å². The summed E-state index contributed by atoms with van der Waals surface area (Å²) in [5.41, 5.74) is 0.981. The Balaban J connectivity index is 1.68. The fraction of sp³-hybridized carbons (Fsp3) is 0.188. The summed E-state index contributed by atoms with van der Waals surface area (Å²) in [6.45, 7) is 0.843. The summed E-state index contributed by atoms with van der Waals surface area (Å²) in [5.74, 6) is 0.732. The van der Waals surface area contributed by atoms with Gasteiger partial charge >= 0.3 is 0 Å². The molecule has 1 amide bonds. The number of hydrogen-bond donors (Lipinski definition) is 1. The number of nitrogens with one attached hydrogen (secondary N) is 1. The first-order valence-electron chi connectivity index (χ1n) is 6.43. The number of carbonyl (C=O) groups is 1. The van der Waals surface area contributed by atoms with Crippen LogP contribution in [-0.2, 0) is 11.3 Å². The quantitative estimate of drug-likeness (QED) is 0.885. The van der Waals surface area contributed by atoms with Crippen LogP contribution in [0.25, 0.3) is 0 Å². The van der Waals surface area contributed by atoms with Crippen molar-refractivity contribution in [3.8, 4) is 5.75 Å². The number of para-hydroxylation sites is 1. The Morgan fingerprint density at radius 2 is 1.90 bits per heavy atom. The van der Waals surface area contributed by atoms with E-state index in [0.717, 1.165) is 11.3 Å². The standard InChI is InChI=1S/C16H16ClNO2/c17-14-6-4-5-13(11-14)12-18-16(19)9-10-20-15-7-2-1-3-8-15/h1-8,11H,9-10,12H2,(H,18,19). The highest BCUT2D eigenvalue weighted by Gasteiger charge is 2.02. The maximum atomic E-state index is 11.7. The van der Waals surface area contributed by atoms with Crippen molar-refractivity contribution in [1.29, 1.82) is 0 Å². The summed E-state index contributed by atoms with van der Waals surface area (Å²) in [5, 5.41) is 3.51. The predicted octanol–water partition coefficient (Wildman–Crippen LogP) is 3.43. The first-order chi connectivity index (χ1) is 9.74. The monoisotopic (exact) mass is 289 g/mol. The normalized spacial score (nSPS) is 10.1. The molecule has 20 heavy (non-hydrogen) atoms. The van der Waals surface area contributed by atoms with Gasteiger partial charge in [-0.1, -0.05) is 41.9 Å². The molecule has 0 fully saturated rings. The van der Waals surface area contributed by atoms with Gasteiger partial charge < -0.3 is 10.1 Å². The molecule has 0 aliphatic rings. The van der Waals surface area contributed by atoms with E-state index < -0.39 is 0 Å². The van der Waals surface area contributed by atoms with Crippen molar-refractivity contribution in [2.45, 2.75) is 13.0 Å². The van der Waals surface area contributed by atoms with E-state index in [-0.39, 0.29) is 5.91 Å². The van der Waals surface area contributed by atoms with Gasteiger partial charge in [-0.15, -0.1) is 0 Å². The van der Waals surface area contributed by atoms with Crippen LogP contribution in [0.3, 0.4) is 0 Å². The Kier molecular flexibility index (Phi) is 5.44. The lowest BCUT2D eigenvalue weighted by molar-refractivity contribution is -0.121. The lowest BCUT2D eigenvalue weighted by Crippen LogP contribution is -2.24. The van der Waals surface area contributed by atoms with Gasteiger partial charge in [0.05, 0.1) is 13.0 Å². The van der Waals surface area contributed by atoms with E-state index in [4.69, 9.17) is 16.3 Å². The van der Waals surface area contributed by atoms with Gasteiger partial charge in [0.15, 0.2) is 0 Å². The van der Waals surface area contributed by atoms with Gasteiger partial charge in [0, 0.05) is 11.6 Å². The van der Waals surface area contributed by atoms with Crippen molar-refractivity contribution >= 4 is 17.5 Å². The molecule has 3 nitrogen and oxygen atoms in total. The van der Waals surface area contributed by atoms with E-state index >= 15 is 0 Å². The summed E-state index contributed by atoms with van der Waals surface area (Å²) in [4.78, 5) is 11.7. The maximum absolute atomic E-state index is 11.7. The molecule has 0 spiro atoms. The van der Waals surface area contributed by atoms with Crippen LogP contribution < -0.4 is 10.1 Å². The highest BCUT2D eigenvalue weighted by atomic mass is 35.5. The first kappa shape index (κ1) is 14.4. The molecule has 0 heterocycles. The van der Waals surface area contributed by atoms with Crippen molar-refractivity contribution in [3.05, 3.63) is 65.2 Å². The van der Waals surface area contributed by atoms with Gasteiger partial charge in [-0.3, -0.25) is 4.79 Å². The second-order valence-corrected chi connectivity index (χ2v) is 4.75. The van der Waals surface area contributed by atoms with Crippen molar-refractivity contribution < 1.29 is 9.53 Å². The summed E-state index contributed by atoms with van der Waals surface area (Å²) >= 11 is 5.88. The third kappa shape index (κ3) is 4.94. The van der Waals surface area contributed by atoms with Crippen LogP contribution in [0.4, 0.5) is 0 Å². The average molecular weight is 290 g/mol. The second-order valence-electron chi connectivity index (χ2n) is 4.32. The summed E-state index contributed by atoms with van der Waals surface area (Å²) in [6, 6.07) is 16.9. The Hall–Kier alpha value is -2.00. The van der Waals surface area contributed by atoms with Gasteiger partial charge in [0.1, 0.15) is 5.75 Å². The zero-order chi connectivity index (χ0) is 14.2. The van der Waals surface area contributed by atoms with Crippen LogP contribution >= 0.6 is 11.6 Å². The molecule has 2 aromatic carbocycles. The van der Waals surface area contributed by atoms with Gasteiger partial charge in [-0.05, 0) is 29.8 Å². The molecule has 0 saturated heterocycles. The maximum Gasteiger partial charge on any atom is 0.223 e. The van der Waals surface area contributed by atoms with Crippen molar-refractivity contribution in [3.63, 3.8) is 0 Å². The van der Waals surface area contributed by atoms with Gasteiger partial charge in [0.25, 0.3) is 0 Å². The molecule has 0 aliphatic carbocycles. The molecule has 0 aromatic heterocycles. The van der Waals surface area contributed by atoms with Crippen molar-refractivity contribution in [2.24, 2.45) is 0 Å². The number of benzene rings is 2. The average Bonchev–Trinajstić information content (AvgIpc) is 2.46. The largest absolute Gasteiger partial charge is 0.493 e. The zero-order valence-electron chi connectivity index (χ0n) is 11.0. The fourth-order valence-corrected chi connectivity index (χ4v) is 1.93. The van der Waals surface area contributed by atoms with Crippen LogP contribution in [0, 0.1) is 0 Å². The third-order valence-electron chi connectivity index (χ3n) is 2.72. The number of ether oxygens (including phenoxy) is 1. The molecule has 2 rings (SSSR count). The highest BCUT2D eigenvalue weighted by Crippen LogP contribution is 2.10. The SMILES string of the molecule is O=C(CCOc1ccccc1)NCc1cccc(Cl)c1. The minimum Gasteiger partial charge on any atom is -0.493 e. The minimum absolute atomic E-state index is 0.0408. The number of hydrogen-bond acceptors (Lipinski definition) is 2. The molecular formula is C16H16ClNO2. The molecule has 2 aromatic rings. The molecule has 0 bridgehead atoms. The van der Waals surface area contributed by atoms with Crippen LogP contribution in [0.15, 0.2) is 54.6 Å². The summed E-state index contributed by atoms with van der Waals surface area (Å²) in [6.07, 6.45) is 0.329. The van der Waals surface area contributed by atoms with Gasteiger partial charge in [-0.25, -0.2) is 0 Å². The van der Waals surface area contributed by atoms with Gasteiger partial charge in [0.2, 0.25) is 5.91 Å². The van der Waals surface area contributed by atoms with Gasteiger partial charge in [-0.2, -0.15) is 0 Å². The lowest BCUT2D eigenvalue weighted by Gasteiger charge is -2.07. The highest BCUT2D eigenvalue weighted by molar-refractivity contribution is 6.30. The predicted molar refractivity (Wildman–Crippen MR) is 79.9 cm³/mol.